The Morgan fingerprint density at radius 3 is 2.20 bits per heavy atom. The second-order valence-corrected chi connectivity index (χ2v) is 12.3. The summed E-state index contributed by atoms with van der Waals surface area (Å²) in [5.74, 6) is -1.31. The van der Waals surface area contributed by atoms with E-state index >= 15 is 0 Å². The molecule has 7 nitrogen and oxygen atoms in total. The van der Waals surface area contributed by atoms with Gasteiger partial charge >= 0.3 is 0 Å². The molecular weight excluding hydrogens is 553 g/mol. The fraction of sp³-hybridized carbons (Fsp3) is 0.333. The first-order valence-corrected chi connectivity index (χ1v) is 15.1. The summed E-state index contributed by atoms with van der Waals surface area (Å²) in [5, 5.41) is 3.44. The molecular formula is C30H33ClFN3O4S. The first kappa shape index (κ1) is 29.6. The third kappa shape index (κ3) is 7.40. The lowest BCUT2D eigenvalue weighted by Gasteiger charge is -2.33. The number of nitrogens with zero attached hydrogens (tertiary/aromatic N) is 2. The molecule has 0 saturated heterocycles. The number of carbonyl (C=O) groups is 2. The zero-order chi connectivity index (χ0) is 28.7. The molecule has 3 aromatic rings. The monoisotopic (exact) mass is 585 g/mol. The Kier molecular flexibility index (Phi) is 9.81. The number of sulfonamides is 1. The lowest BCUT2D eigenvalue weighted by Crippen LogP contribution is -2.53. The van der Waals surface area contributed by atoms with E-state index in [0.29, 0.717) is 16.3 Å². The van der Waals surface area contributed by atoms with Crippen LogP contribution >= 0.6 is 11.6 Å². The summed E-state index contributed by atoms with van der Waals surface area (Å²) in [6.07, 6.45) is 4.96. The minimum atomic E-state index is -4.17. The zero-order valence-corrected chi connectivity index (χ0v) is 23.9. The van der Waals surface area contributed by atoms with Crippen LogP contribution in [-0.2, 0) is 26.2 Å². The lowest BCUT2D eigenvalue weighted by atomic mass is 9.95. The number of amides is 2. The van der Waals surface area contributed by atoms with E-state index in [1.165, 1.54) is 41.3 Å². The predicted octanol–water partition coefficient (Wildman–Crippen LogP) is 5.54. The largest absolute Gasteiger partial charge is 0.352 e. The van der Waals surface area contributed by atoms with Gasteiger partial charge < -0.3 is 10.2 Å². The number of rotatable bonds is 10. The van der Waals surface area contributed by atoms with E-state index in [0.717, 1.165) is 36.4 Å². The lowest BCUT2D eigenvalue weighted by molar-refractivity contribution is -0.139. The topological polar surface area (TPSA) is 86.8 Å². The molecule has 40 heavy (non-hydrogen) atoms. The van der Waals surface area contributed by atoms with Gasteiger partial charge in [-0.25, -0.2) is 12.8 Å². The summed E-state index contributed by atoms with van der Waals surface area (Å²) in [6, 6.07) is 18.8. The second-order valence-electron chi connectivity index (χ2n) is 9.97. The first-order valence-electron chi connectivity index (χ1n) is 13.3. The van der Waals surface area contributed by atoms with Crippen molar-refractivity contribution in [2.45, 2.75) is 62.6 Å². The fourth-order valence-corrected chi connectivity index (χ4v) is 6.33. The summed E-state index contributed by atoms with van der Waals surface area (Å²) >= 11 is 5.97. The molecule has 0 heterocycles. The molecule has 1 atom stereocenters. The van der Waals surface area contributed by atoms with Gasteiger partial charge in [-0.15, -0.1) is 0 Å². The molecule has 0 aromatic heterocycles. The van der Waals surface area contributed by atoms with E-state index in [1.54, 1.807) is 49.4 Å². The molecule has 0 unspecified atom stereocenters. The molecule has 0 spiro atoms. The van der Waals surface area contributed by atoms with Crippen molar-refractivity contribution in [1.29, 1.82) is 0 Å². The van der Waals surface area contributed by atoms with Crippen LogP contribution in [0.4, 0.5) is 10.1 Å². The Morgan fingerprint density at radius 2 is 1.57 bits per heavy atom. The van der Waals surface area contributed by atoms with Crippen molar-refractivity contribution >= 4 is 39.1 Å². The van der Waals surface area contributed by atoms with Gasteiger partial charge in [0.15, 0.2) is 0 Å². The predicted molar refractivity (Wildman–Crippen MR) is 154 cm³/mol. The normalized spacial score (nSPS) is 14.8. The van der Waals surface area contributed by atoms with Crippen LogP contribution in [0.5, 0.6) is 0 Å². The van der Waals surface area contributed by atoms with Crippen LogP contribution < -0.4 is 9.62 Å². The summed E-state index contributed by atoms with van der Waals surface area (Å²) < 4.78 is 42.1. The molecule has 2 amide bonds. The molecule has 3 aromatic carbocycles. The quantitative estimate of drug-likeness (QED) is 0.338. The van der Waals surface area contributed by atoms with E-state index in [4.69, 9.17) is 11.6 Å². The van der Waals surface area contributed by atoms with Crippen molar-refractivity contribution in [2.24, 2.45) is 0 Å². The maximum Gasteiger partial charge on any atom is 0.264 e. The molecule has 0 bridgehead atoms. The Morgan fingerprint density at radius 1 is 0.950 bits per heavy atom. The highest BCUT2D eigenvalue weighted by atomic mass is 35.5. The van der Waals surface area contributed by atoms with Gasteiger partial charge in [0.1, 0.15) is 18.4 Å². The summed E-state index contributed by atoms with van der Waals surface area (Å²) in [7, 11) is -4.17. The van der Waals surface area contributed by atoms with Gasteiger partial charge in [0.05, 0.1) is 10.6 Å². The Labute approximate surface area is 240 Å². The molecule has 0 radical (unpaired) electrons. The van der Waals surface area contributed by atoms with Crippen molar-refractivity contribution < 1.29 is 22.4 Å². The molecule has 10 heteroatoms. The number of hydrogen-bond acceptors (Lipinski definition) is 4. The fourth-order valence-electron chi connectivity index (χ4n) is 4.79. The van der Waals surface area contributed by atoms with E-state index in [2.05, 4.69) is 5.32 Å². The van der Waals surface area contributed by atoms with Crippen LogP contribution in [0, 0.1) is 5.82 Å². The Hall–Kier alpha value is -3.43. The van der Waals surface area contributed by atoms with Gasteiger partial charge in [0.2, 0.25) is 11.8 Å². The van der Waals surface area contributed by atoms with Gasteiger partial charge in [-0.1, -0.05) is 61.2 Å². The van der Waals surface area contributed by atoms with Gasteiger partial charge in [0, 0.05) is 17.6 Å². The molecule has 1 aliphatic carbocycles. The van der Waals surface area contributed by atoms with Crippen molar-refractivity contribution in [3.63, 3.8) is 0 Å². The molecule has 0 aliphatic heterocycles. The van der Waals surface area contributed by atoms with E-state index in [-0.39, 0.29) is 23.4 Å². The van der Waals surface area contributed by atoms with Crippen LogP contribution in [0.25, 0.3) is 0 Å². The average molecular weight is 586 g/mol. The van der Waals surface area contributed by atoms with Gasteiger partial charge in [-0.2, -0.15) is 0 Å². The zero-order valence-electron chi connectivity index (χ0n) is 22.3. The van der Waals surface area contributed by atoms with Crippen molar-refractivity contribution in [3.8, 4) is 0 Å². The third-order valence-corrected chi connectivity index (χ3v) is 9.15. The highest BCUT2D eigenvalue weighted by molar-refractivity contribution is 7.92. The number of nitrogens with one attached hydrogen (secondary N) is 1. The summed E-state index contributed by atoms with van der Waals surface area (Å²) in [6.45, 7) is 1.08. The highest BCUT2D eigenvalue weighted by Crippen LogP contribution is 2.25. The Balaban J connectivity index is 1.65. The molecule has 1 N–H and O–H groups in total. The number of benzene rings is 3. The number of hydrogen-bond donors (Lipinski definition) is 1. The van der Waals surface area contributed by atoms with Gasteiger partial charge in [-0.3, -0.25) is 13.9 Å². The minimum Gasteiger partial charge on any atom is -0.352 e. The van der Waals surface area contributed by atoms with Crippen molar-refractivity contribution in [3.05, 3.63) is 95.3 Å². The van der Waals surface area contributed by atoms with Crippen LogP contribution in [0.15, 0.2) is 83.8 Å². The minimum absolute atomic E-state index is 0.00197. The summed E-state index contributed by atoms with van der Waals surface area (Å²) in [4.78, 5) is 28.5. The molecule has 1 aliphatic rings. The smallest absolute Gasteiger partial charge is 0.264 e. The summed E-state index contributed by atoms with van der Waals surface area (Å²) in [5.41, 5.74) is 0.908. The van der Waals surface area contributed by atoms with Gasteiger partial charge in [0.25, 0.3) is 10.0 Å². The van der Waals surface area contributed by atoms with E-state index in [1.807, 2.05) is 0 Å². The number of para-hydroxylation sites is 1. The van der Waals surface area contributed by atoms with E-state index < -0.39 is 34.3 Å². The van der Waals surface area contributed by atoms with Crippen LogP contribution in [0.2, 0.25) is 5.02 Å². The standard InChI is InChI=1S/C30H33ClFN3O4S/c1-22(30(37)33-26-8-4-2-5-9-26)34(20-23-12-16-25(32)17-13-23)29(36)21-35(27-10-6-3-7-11-27)40(38,39)28-18-14-24(31)15-19-28/h3,6-7,10-19,22,26H,2,4-5,8-9,20-21H2,1H3,(H,33,37)/t22-/m1/s1. The maximum absolute atomic E-state index is 13.9. The molecule has 1 saturated carbocycles. The van der Waals surface area contributed by atoms with Gasteiger partial charge in [-0.05, 0) is 73.9 Å². The highest BCUT2D eigenvalue weighted by Gasteiger charge is 2.33. The number of carbonyl (C=O) groups excluding carboxylic acids is 2. The number of anilines is 1. The molecule has 1 fully saturated rings. The average Bonchev–Trinajstić information content (AvgIpc) is 2.96. The van der Waals surface area contributed by atoms with Crippen LogP contribution in [0.3, 0.4) is 0 Å². The first-order chi connectivity index (χ1) is 19.1. The van der Waals surface area contributed by atoms with Crippen molar-refractivity contribution in [1.82, 2.24) is 10.2 Å². The van der Waals surface area contributed by atoms with Crippen molar-refractivity contribution in [2.75, 3.05) is 10.8 Å². The van der Waals surface area contributed by atoms with E-state index in [9.17, 15) is 22.4 Å². The molecule has 212 valence electrons. The van der Waals surface area contributed by atoms with Crippen LogP contribution in [-0.4, -0.2) is 43.8 Å². The SMILES string of the molecule is C[C@H](C(=O)NC1CCCCC1)N(Cc1ccc(F)cc1)C(=O)CN(c1ccccc1)S(=O)(=O)c1ccc(Cl)cc1. The number of halogens is 2. The molecule has 4 rings (SSSR count). The Bertz CT molecular complexity index is 1400. The second kappa shape index (κ2) is 13.3. The van der Waals surface area contributed by atoms with Crippen LogP contribution in [0.1, 0.15) is 44.6 Å². The third-order valence-electron chi connectivity index (χ3n) is 7.11. The maximum atomic E-state index is 13.9.